The third-order valence-corrected chi connectivity index (χ3v) is 3.30. The van der Waals surface area contributed by atoms with Gasteiger partial charge in [-0.1, -0.05) is 6.07 Å². The molecule has 0 fully saturated rings. The Labute approximate surface area is 99.6 Å². The second kappa shape index (κ2) is 5.72. The molecule has 4 heteroatoms. The van der Waals surface area contributed by atoms with Crippen molar-refractivity contribution in [3.8, 4) is 0 Å². The summed E-state index contributed by atoms with van der Waals surface area (Å²) in [6.45, 7) is 0. The van der Waals surface area contributed by atoms with Crippen LogP contribution in [0.2, 0.25) is 0 Å². The quantitative estimate of drug-likeness (QED) is 0.857. The van der Waals surface area contributed by atoms with Gasteiger partial charge in [-0.25, -0.2) is 4.98 Å². The number of aromatic nitrogens is 2. The van der Waals surface area contributed by atoms with Crippen LogP contribution >= 0.6 is 11.3 Å². The number of nitrogens with zero attached hydrogens (tertiary/aromatic N) is 2. The van der Waals surface area contributed by atoms with E-state index in [2.05, 4.69) is 21.4 Å². The van der Waals surface area contributed by atoms with E-state index >= 15 is 0 Å². The van der Waals surface area contributed by atoms with Crippen LogP contribution in [-0.4, -0.2) is 23.1 Å². The normalized spacial score (nSPS) is 12.6. The van der Waals surface area contributed by atoms with Crippen LogP contribution in [0.25, 0.3) is 0 Å². The second-order valence-electron chi connectivity index (χ2n) is 3.64. The van der Waals surface area contributed by atoms with Crippen molar-refractivity contribution in [1.29, 1.82) is 0 Å². The van der Waals surface area contributed by atoms with Crippen LogP contribution < -0.4 is 5.32 Å². The number of rotatable bonds is 5. The number of likely N-dealkylation sites (N-methyl/N-ethyl adjacent to an activating group) is 1. The summed E-state index contributed by atoms with van der Waals surface area (Å²) in [6, 6.07) is 6.43. The summed E-state index contributed by atoms with van der Waals surface area (Å²) < 4.78 is 0. The number of nitrogens with one attached hydrogen (secondary N) is 1. The average molecular weight is 233 g/mol. The molecule has 0 saturated heterocycles. The predicted molar refractivity (Wildman–Crippen MR) is 66.6 cm³/mol. The molecule has 0 aliphatic carbocycles. The highest BCUT2D eigenvalue weighted by molar-refractivity contribution is 7.09. The fourth-order valence-electron chi connectivity index (χ4n) is 1.61. The molecule has 0 spiro atoms. The molecule has 1 N–H and O–H groups in total. The van der Waals surface area contributed by atoms with E-state index in [4.69, 9.17) is 0 Å². The summed E-state index contributed by atoms with van der Waals surface area (Å²) >= 11 is 1.71. The molecule has 2 aromatic rings. The molecule has 0 bridgehead atoms. The van der Waals surface area contributed by atoms with E-state index in [1.54, 1.807) is 11.3 Å². The Kier molecular flexibility index (Phi) is 4.02. The first-order chi connectivity index (χ1) is 7.88. The molecule has 2 rings (SSSR count). The van der Waals surface area contributed by atoms with E-state index < -0.39 is 0 Å². The standard InChI is InChI=1S/C12H15N3S/c1-13-11(9-12-15-6-7-16-12)8-10-4-2-3-5-14-10/h2-7,11,13H,8-9H2,1H3. The zero-order valence-corrected chi connectivity index (χ0v) is 10.1. The lowest BCUT2D eigenvalue weighted by Gasteiger charge is -2.13. The Bertz CT molecular complexity index is 399. The lowest BCUT2D eigenvalue weighted by atomic mass is 10.1. The molecule has 2 aromatic heterocycles. The van der Waals surface area contributed by atoms with Crippen molar-refractivity contribution >= 4 is 11.3 Å². The zero-order chi connectivity index (χ0) is 11.2. The summed E-state index contributed by atoms with van der Waals surface area (Å²) in [6.07, 6.45) is 5.60. The Morgan fingerprint density at radius 1 is 1.25 bits per heavy atom. The van der Waals surface area contributed by atoms with E-state index in [1.807, 2.05) is 37.0 Å². The number of pyridine rings is 1. The molecule has 84 valence electrons. The highest BCUT2D eigenvalue weighted by atomic mass is 32.1. The van der Waals surface area contributed by atoms with Crippen molar-refractivity contribution in [2.24, 2.45) is 0 Å². The van der Waals surface area contributed by atoms with Crippen molar-refractivity contribution in [2.45, 2.75) is 18.9 Å². The van der Waals surface area contributed by atoms with E-state index in [1.165, 1.54) is 5.01 Å². The second-order valence-corrected chi connectivity index (χ2v) is 4.62. The van der Waals surface area contributed by atoms with Gasteiger partial charge < -0.3 is 5.32 Å². The van der Waals surface area contributed by atoms with Crippen LogP contribution in [0.15, 0.2) is 36.0 Å². The molecule has 2 heterocycles. The topological polar surface area (TPSA) is 37.8 Å². The monoisotopic (exact) mass is 233 g/mol. The Hall–Kier alpha value is -1.26. The highest BCUT2D eigenvalue weighted by Gasteiger charge is 2.10. The van der Waals surface area contributed by atoms with Crippen LogP contribution in [0, 0.1) is 0 Å². The van der Waals surface area contributed by atoms with E-state index in [0.717, 1.165) is 18.5 Å². The van der Waals surface area contributed by atoms with Gasteiger partial charge in [0.05, 0.1) is 5.01 Å². The van der Waals surface area contributed by atoms with Crippen molar-refractivity contribution in [3.63, 3.8) is 0 Å². The van der Waals surface area contributed by atoms with Crippen molar-refractivity contribution in [2.75, 3.05) is 7.05 Å². The maximum absolute atomic E-state index is 4.34. The van der Waals surface area contributed by atoms with Gasteiger partial charge in [-0.3, -0.25) is 4.98 Å². The molecular formula is C12H15N3S. The maximum Gasteiger partial charge on any atom is 0.0940 e. The third kappa shape index (κ3) is 3.12. The fourth-order valence-corrected chi connectivity index (χ4v) is 2.31. The molecule has 0 aliphatic heterocycles. The highest BCUT2D eigenvalue weighted by Crippen LogP contribution is 2.09. The number of thiazole rings is 1. The first kappa shape index (κ1) is 11.2. The predicted octanol–water partition coefficient (Wildman–Crippen LogP) is 1.91. The smallest absolute Gasteiger partial charge is 0.0940 e. The molecule has 1 atom stereocenters. The number of hydrogen-bond acceptors (Lipinski definition) is 4. The number of hydrogen-bond donors (Lipinski definition) is 1. The van der Waals surface area contributed by atoms with Gasteiger partial charge in [0.15, 0.2) is 0 Å². The van der Waals surface area contributed by atoms with Crippen LogP contribution in [-0.2, 0) is 12.8 Å². The van der Waals surface area contributed by atoms with Crippen molar-refractivity contribution < 1.29 is 0 Å². The van der Waals surface area contributed by atoms with Gasteiger partial charge in [0, 0.05) is 42.4 Å². The van der Waals surface area contributed by atoms with Crippen LogP contribution in [0.1, 0.15) is 10.7 Å². The fraction of sp³-hybridized carbons (Fsp3) is 0.333. The van der Waals surface area contributed by atoms with Gasteiger partial charge >= 0.3 is 0 Å². The van der Waals surface area contributed by atoms with E-state index in [-0.39, 0.29) is 0 Å². The minimum absolute atomic E-state index is 0.404. The van der Waals surface area contributed by atoms with Crippen molar-refractivity contribution in [3.05, 3.63) is 46.7 Å². The molecule has 1 unspecified atom stereocenters. The molecule has 0 amide bonds. The molecule has 0 saturated carbocycles. The summed E-state index contributed by atoms with van der Waals surface area (Å²) in [7, 11) is 1.99. The Morgan fingerprint density at radius 2 is 2.19 bits per heavy atom. The first-order valence-electron chi connectivity index (χ1n) is 5.34. The van der Waals surface area contributed by atoms with Gasteiger partial charge in [0.1, 0.15) is 0 Å². The molecule has 3 nitrogen and oxygen atoms in total. The zero-order valence-electron chi connectivity index (χ0n) is 9.26. The third-order valence-electron chi connectivity index (χ3n) is 2.49. The molecule has 0 radical (unpaired) electrons. The maximum atomic E-state index is 4.34. The summed E-state index contributed by atoms with van der Waals surface area (Å²) in [4.78, 5) is 8.64. The van der Waals surface area contributed by atoms with Crippen LogP contribution in [0.3, 0.4) is 0 Å². The molecule has 16 heavy (non-hydrogen) atoms. The molecule has 0 aliphatic rings. The van der Waals surface area contributed by atoms with Gasteiger partial charge in [0.25, 0.3) is 0 Å². The Morgan fingerprint density at radius 3 is 2.81 bits per heavy atom. The van der Waals surface area contributed by atoms with Gasteiger partial charge in [-0.05, 0) is 19.2 Å². The van der Waals surface area contributed by atoms with Crippen LogP contribution in [0.4, 0.5) is 0 Å². The van der Waals surface area contributed by atoms with Crippen LogP contribution in [0.5, 0.6) is 0 Å². The lowest BCUT2D eigenvalue weighted by Crippen LogP contribution is -2.30. The van der Waals surface area contributed by atoms with Gasteiger partial charge in [-0.2, -0.15) is 0 Å². The molecular weight excluding hydrogens is 218 g/mol. The van der Waals surface area contributed by atoms with E-state index in [9.17, 15) is 0 Å². The SMILES string of the molecule is CNC(Cc1ccccn1)Cc1nccs1. The van der Waals surface area contributed by atoms with Gasteiger partial charge in [0.2, 0.25) is 0 Å². The summed E-state index contributed by atoms with van der Waals surface area (Å²) in [5, 5.41) is 6.51. The summed E-state index contributed by atoms with van der Waals surface area (Å²) in [5.74, 6) is 0. The summed E-state index contributed by atoms with van der Waals surface area (Å²) in [5.41, 5.74) is 1.12. The Balaban J connectivity index is 1.96. The largest absolute Gasteiger partial charge is 0.316 e. The minimum Gasteiger partial charge on any atom is -0.316 e. The lowest BCUT2D eigenvalue weighted by molar-refractivity contribution is 0.549. The minimum atomic E-state index is 0.404. The average Bonchev–Trinajstić information content (AvgIpc) is 2.82. The van der Waals surface area contributed by atoms with Gasteiger partial charge in [-0.15, -0.1) is 11.3 Å². The first-order valence-corrected chi connectivity index (χ1v) is 6.22. The van der Waals surface area contributed by atoms with Crippen molar-refractivity contribution in [1.82, 2.24) is 15.3 Å². The molecule has 0 aromatic carbocycles. The van der Waals surface area contributed by atoms with E-state index in [0.29, 0.717) is 6.04 Å².